The summed E-state index contributed by atoms with van der Waals surface area (Å²) in [5.74, 6) is 0. The van der Waals surface area contributed by atoms with Gasteiger partial charge < -0.3 is 4.74 Å². The molecule has 1 aromatic carbocycles. The molecule has 2 heteroatoms. The first-order valence-electron chi connectivity index (χ1n) is 6.73. The summed E-state index contributed by atoms with van der Waals surface area (Å²) in [7, 11) is 0. The van der Waals surface area contributed by atoms with E-state index < -0.39 is 0 Å². The van der Waals surface area contributed by atoms with Crippen molar-refractivity contribution in [2.45, 2.75) is 33.0 Å². The van der Waals surface area contributed by atoms with Crippen LogP contribution in [0, 0.1) is 0 Å². The Balaban J connectivity index is 1.94. The number of hydrogen-bond acceptors (Lipinski definition) is 2. The molecule has 1 heterocycles. The van der Waals surface area contributed by atoms with Crippen molar-refractivity contribution < 1.29 is 4.74 Å². The molecule has 0 N–H and O–H groups in total. The van der Waals surface area contributed by atoms with Crippen molar-refractivity contribution in [2.24, 2.45) is 0 Å². The van der Waals surface area contributed by atoms with Crippen molar-refractivity contribution in [1.82, 2.24) is 4.90 Å². The first-order valence-corrected chi connectivity index (χ1v) is 6.73. The van der Waals surface area contributed by atoms with Gasteiger partial charge in [0.05, 0.1) is 12.2 Å². The second kappa shape index (κ2) is 6.17. The molecule has 1 aliphatic heterocycles. The summed E-state index contributed by atoms with van der Waals surface area (Å²) < 4.78 is 5.76. The predicted molar refractivity (Wildman–Crippen MR) is 76.5 cm³/mol. The largest absolute Gasteiger partial charge is 0.373 e. The van der Waals surface area contributed by atoms with Crippen LogP contribution in [0.25, 0.3) is 6.08 Å². The van der Waals surface area contributed by atoms with E-state index in [-0.39, 0.29) is 0 Å². The Morgan fingerprint density at radius 1 is 1.22 bits per heavy atom. The summed E-state index contributed by atoms with van der Waals surface area (Å²) in [6, 6.07) is 10.5. The molecule has 0 aliphatic carbocycles. The SMILES string of the molecule is C/C(=C\c1ccccc1)CN1C[C@@H](C)O[C@H](C)C1. The maximum atomic E-state index is 5.76. The van der Waals surface area contributed by atoms with E-state index >= 15 is 0 Å². The van der Waals surface area contributed by atoms with E-state index in [1.165, 1.54) is 11.1 Å². The molecule has 2 atom stereocenters. The lowest BCUT2D eigenvalue weighted by atomic mass is 10.1. The molecular weight excluding hydrogens is 222 g/mol. The van der Waals surface area contributed by atoms with E-state index in [9.17, 15) is 0 Å². The van der Waals surface area contributed by atoms with E-state index in [0.717, 1.165) is 19.6 Å². The van der Waals surface area contributed by atoms with Crippen LogP contribution in [0.1, 0.15) is 26.3 Å². The fraction of sp³-hybridized carbons (Fsp3) is 0.500. The van der Waals surface area contributed by atoms with E-state index in [2.05, 4.69) is 62.1 Å². The molecule has 0 bridgehead atoms. The van der Waals surface area contributed by atoms with Gasteiger partial charge in [0.2, 0.25) is 0 Å². The summed E-state index contributed by atoms with van der Waals surface area (Å²) in [4.78, 5) is 2.48. The maximum absolute atomic E-state index is 5.76. The van der Waals surface area contributed by atoms with Crippen LogP contribution in [0.2, 0.25) is 0 Å². The quantitative estimate of drug-likeness (QED) is 0.811. The molecule has 0 spiro atoms. The van der Waals surface area contributed by atoms with Crippen molar-refractivity contribution in [1.29, 1.82) is 0 Å². The average Bonchev–Trinajstić information content (AvgIpc) is 2.28. The molecule has 0 saturated carbocycles. The van der Waals surface area contributed by atoms with Crippen LogP contribution in [-0.2, 0) is 4.74 Å². The number of rotatable bonds is 3. The fourth-order valence-corrected chi connectivity index (χ4v) is 2.65. The Kier molecular flexibility index (Phi) is 4.56. The third-order valence-electron chi connectivity index (χ3n) is 3.18. The van der Waals surface area contributed by atoms with Gasteiger partial charge in [-0.05, 0) is 26.3 Å². The highest BCUT2D eigenvalue weighted by Gasteiger charge is 2.21. The number of benzene rings is 1. The smallest absolute Gasteiger partial charge is 0.0678 e. The second-order valence-corrected chi connectivity index (χ2v) is 5.35. The molecule has 1 saturated heterocycles. The van der Waals surface area contributed by atoms with E-state index in [1.54, 1.807) is 0 Å². The zero-order valence-electron chi connectivity index (χ0n) is 11.6. The van der Waals surface area contributed by atoms with Crippen LogP contribution in [0.4, 0.5) is 0 Å². The Hall–Kier alpha value is -1.12. The van der Waals surface area contributed by atoms with Crippen LogP contribution in [0.3, 0.4) is 0 Å². The van der Waals surface area contributed by atoms with Gasteiger partial charge in [-0.15, -0.1) is 0 Å². The van der Waals surface area contributed by atoms with Crippen molar-refractivity contribution in [2.75, 3.05) is 19.6 Å². The normalized spacial score (nSPS) is 26.3. The molecular formula is C16H23NO. The highest BCUT2D eigenvalue weighted by molar-refractivity contribution is 5.52. The lowest BCUT2D eigenvalue weighted by Crippen LogP contribution is -2.45. The zero-order chi connectivity index (χ0) is 13.0. The van der Waals surface area contributed by atoms with Crippen LogP contribution in [0.15, 0.2) is 35.9 Å². The third kappa shape index (κ3) is 3.97. The van der Waals surface area contributed by atoms with Crippen LogP contribution < -0.4 is 0 Å². The topological polar surface area (TPSA) is 12.5 Å². The first-order chi connectivity index (χ1) is 8.63. The van der Waals surface area contributed by atoms with Crippen molar-refractivity contribution >= 4 is 6.08 Å². The molecule has 1 fully saturated rings. The minimum Gasteiger partial charge on any atom is -0.373 e. The lowest BCUT2D eigenvalue weighted by Gasteiger charge is -2.35. The Morgan fingerprint density at radius 2 is 1.83 bits per heavy atom. The summed E-state index contributed by atoms with van der Waals surface area (Å²) in [5.41, 5.74) is 2.69. The Labute approximate surface area is 110 Å². The van der Waals surface area contributed by atoms with Gasteiger partial charge in [0.15, 0.2) is 0 Å². The average molecular weight is 245 g/mol. The highest BCUT2D eigenvalue weighted by Crippen LogP contribution is 2.13. The molecule has 1 aliphatic rings. The van der Waals surface area contributed by atoms with E-state index in [0.29, 0.717) is 12.2 Å². The van der Waals surface area contributed by atoms with Gasteiger partial charge in [-0.1, -0.05) is 42.0 Å². The molecule has 2 nitrogen and oxygen atoms in total. The monoisotopic (exact) mass is 245 g/mol. The van der Waals surface area contributed by atoms with Gasteiger partial charge in [-0.3, -0.25) is 4.90 Å². The number of morpholine rings is 1. The molecule has 98 valence electrons. The summed E-state index contributed by atoms with van der Waals surface area (Å²) in [6.45, 7) is 9.61. The number of nitrogens with zero attached hydrogens (tertiary/aromatic N) is 1. The van der Waals surface area contributed by atoms with Gasteiger partial charge in [-0.25, -0.2) is 0 Å². The van der Waals surface area contributed by atoms with Crippen LogP contribution in [0.5, 0.6) is 0 Å². The lowest BCUT2D eigenvalue weighted by molar-refractivity contribution is -0.0652. The second-order valence-electron chi connectivity index (χ2n) is 5.35. The Morgan fingerprint density at radius 3 is 2.44 bits per heavy atom. The summed E-state index contributed by atoms with van der Waals surface area (Å²) in [6.07, 6.45) is 2.96. The Bertz CT molecular complexity index is 389. The molecule has 0 unspecified atom stereocenters. The summed E-state index contributed by atoms with van der Waals surface area (Å²) in [5, 5.41) is 0. The predicted octanol–water partition coefficient (Wildman–Crippen LogP) is 3.20. The van der Waals surface area contributed by atoms with Gasteiger partial charge >= 0.3 is 0 Å². The molecule has 1 aromatic rings. The van der Waals surface area contributed by atoms with E-state index in [4.69, 9.17) is 4.74 Å². The van der Waals surface area contributed by atoms with Gasteiger partial charge in [0, 0.05) is 19.6 Å². The zero-order valence-corrected chi connectivity index (χ0v) is 11.6. The molecule has 0 radical (unpaired) electrons. The molecule has 18 heavy (non-hydrogen) atoms. The number of hydrogen-bond donors (Lipinski definition) is 0. The fourth-order valence-electron chi connectivity index (χ4n) is 2.65. The van der Waals surface area contributed by atoms with Gasteiger partial charge in [0.1, 0.15) is 0 Å². The standard InChI is InChI=1S/C16H23NO/c1-13(9-16-7-5-4-6-8-16)10-17-11-14(2)18-15(3)12-17/h4-9,14-15H,10-12H2,1-3H3/b13-9+/t14-,15-/m1/s1. The molecule has 0 aromatic heterocycles. The van der Waals surface area contributed by atoms with E-state index in [1.807, 2.05) is 0 Å². The molecule has 0 amide bonds. The van der Waals surface area contributed by atoms with Crippen LogP contribution >= 0.6 is 0 Å². The summed E-state index contributed by atoms with van der Waals surface area (Å²) >= 11 is 0. The molecule has 2 rings (SSSR count). The van der Waals surface area contributed by atoms with Gasteiger partial charge in [0.25, 0.3) is 0 Å². The minimum atomic E-state index is 0.346. The van der Waals surface area contributed by atoms with Crippen molar-refractivity contribution in [3.05, 3.63) is 41.5 Å². The number of ether oxygens (including phenoxy) is 1. The first kappa shape index (κ1) is 13.3. The van der Waals surface area contributed by atoms with Crippen LogP contribution in [-0.4, -0.2) is 36.7 Å². The third-order valence-corrected chi connectivity index (χ3v) is 3.18. The van der Waals surface area contributed by atoms with Gasteiger partial charge in [-0.2, -0.15) is 0 Å². The minimum absolute atomic E-state index is 0.346. The van der Waals surface area contributed by atoms with Crippen molar-refractivity contribution in [3.63, 3.8) is 0 Å². The highest BCUT2D eigenvalue weighted by atomic mass is 16.5. The van der Waals surface area contributed by atoms with Crippen molar-refractivity contribution in [3.8, 4) is 0 Å². The maximum Gasteiger partial charge on any atom is 0.0678 e.